The van der Waals surface area contributed by atoms with E-state index in [0.717, 1.165) is 37.1 Å². The number of nitrogens with two attached hydrogens (primary N) is 1. The van der Waals surface area contributed by atoms with Gasteiger partial charge in [-0.1, -0.05) is 13.0 Å². The third kappa shape index (κ3) is 4.85. The maximum Gasteiger partial charge on any atom is 0.276 e. The zero-order valence-electron chi connectivity index (χ0n) is 18.8. The highest BCUT2D eigenvalue weighted by molar-refractivity contribution is 6.02. The minimum Gasteiger partial charge on any atom is -0.382 e. The van der Waals surface area contributed by atoms with E-state index >= 15 is 0 Å². The van der Waals surface area contributed by atoms with Crippen LogP contribution in [0.2, 0.25) is 0 Å². The molecular weight excluding hydrogens is 420 g/mol. The van der Waals surface area contributed by atoms with Gasteiger partial charge in [0.25, 0.3) is 11.8 Å². The number of nitrogens with zero attached hydrogens (tertiary/aromatic N) is 4. The first-order chi connectivity index (χ1) is 16.0. The molecule has 5 N–H and O–H groups in total. The third-order valence-corrected chi connectivity index (χ3v) is 5.56. The van der Waals surface area contributed by atoms with Crippen LogP contribution in [0, 0.1) is 6.92 Å². The van der Waals surface area contributed by atoms with Crippen LogP contribution in [0.3, 0.4) is 0 Å². The molecule has 10 heteroatoms. The lowest BCUT2D eigenvalue weighted by Gasteiger charge is -2.14. The molecule has 1 aliphatic rings. The van der Waals surface area contributed by atoms with E-state index in [9.17, 15) is 9.59 Å². The molecule has 0 aromatic carbocycles. The van der Waals surface area contributed by atoms with Gasteiger partial charge in [0.1, 0.15) is 11.3 Å². The van der Waals surface area contributed by atoms with Crippen molar-refractivity contribution in [2.75, 3.05) is 18.8 Å². The first kappa shape index (κ1) is 22.4. The fourth-order valence-electron chi connectivity index (χ4n) is 3.77. The van der Waals surface area contributed by atoms with Crippen molar-refractivity contribution in [2.45, 2.75) is 39.2 Å². The molecule has 2 amide bonds. The quantitative estimate of drug-likeness (QED) is 0.432. The van der Waals surface area contributed by atoms with Crippen LogP contribution in [0.25, 0.3) is 16.9 Å². The molecule has 0 bridgehead atoms. The summed E-state index contributed by atoms with van der Waals surface area (Å²) in [5.41, 5.74) is 8.69. The lowest BCUT2D eigenvalue weighted by atomic mass is 10.1. The van der Waals surface area contributed by atoms with Crippen molar-refractivity contribution in [1.82, 2.24) is 35.3 Å². The van der Waals surface area contributed by atoms with Gasteiger partial charge in [-0.2, -0.15) is 0 Å². The lowest BCUT2D eigenvalue weighted by Crippen LogP contribution is -2.38. The standard InChI is InChI=1S/C23H28N8O2/c1-3-4-9-26-22(32)19-18(15-7-8-17-27-11-14(2)31(17)13-15)29-20(21(24)30-19)23(33)28-12-16-6-5-10-25-16/h4,7-9,11,13,16,25H,3,5-6,10,12H2,1-2H3,(H2,24,30)(H,26,32)(H,28,33)/b9-4-. The van der Waals surface area contributed by atoms with E-state index in [4.69, 9.17) is 5.73 Å². The first-order valence-electron chi connectivity index (χ1n) is 11.1. The summed E-state index contributed by atoms with van der Waals surface area (Å²) in [5.74, 6) is -0.980. The Morgan fingerprint density at radius 1 is 1.27 bits per heavy atom. The fourth-order valence-corrected chi connectivity index (χ4v) is 3.77. The molecule has 10 nitrogen and oxygen atoms in total. The van der Waals surface area contributed by atoms with Gasteiger partial charge in [-0.25, -0.2) is 15.0 Å². The number of amides is 2. The third-order valence-electron chi connectivity index (χ3n) is 5.56. The van der Waals surface area contributed by atoms with Gasteiger partial charge < -0.3 is 26.1 Å². The van der Waals surface area contributed by atoms with Crippen molar-refractivity contribution in [3.63, 3.8) is 0 Å². The Labute approximate surface area is 191 Å². The first-order valence-corrected chi connectivity index (χ1v) is 11.1. The lowest BCUT2D eigenvalue weighted by molar-refractivity contribution is 0.0939. The van der Waals surface area contributed by atoms with Gasteiger partial charge in [-0.15, -0.1) is 0 Å². The average Bonchev–Trinajstić information content (AvgIpc) is 3.47. The van der Waals surface area contributed by atoms with E-state index in [1.165, 1.54) is 0 Å². The molecule has 1 unspecified atom stereocenters. The highest BCUT2D eigenvalue weighted by atomic mass is 16.2. The van der Waals surface area contributed by atoms with Crippen molar-refractivity contribution in [2.24, 2.45) is 0 Å². The summed E-state index contributed by atoms with van der Waals surface area (Å²) in [5, 5.41) is 8.89. The molecule has 1 aliphatic heterocycles. The number of aryl methyl sites for hydroxylation is 1. The molecule has 1 atom stereocenters. The van der Waals surface area contributed by atoms with Crippen LogP contribution in [0.4, 0.5) is 5.82 Å². The second-order valence-corrected chi connectivity index (χ2v) is 7.99. The Balaban J connectivity index is 1.73. The van der Waals surface area contributed by atoms with Crippen molar-refractivity contribution >= 4 is 23.3 Å². The second kappa shape index (κ2) is 9.78. The Kier molecular flexibility index (Phi) is 6.64. The molecule has 3 aromatic heterocycles. The van der Waals surface area contributed by atoms with Gasteiger partial charge in [0.05, 0.1) is 0 Å². The SMILES string of the molecule is CC/C=C\NC(=O)c1nc(N)c(C(=O)NCC2CCCN2)nc1-c1ccc2ncc(C)n2c1. The van der Waals surface area contributed by atoms with Crippen LogP contribution in [-0.4, -0.2) is 50.3 Å². The van der Waals surface area contributed by atoms with Gasteiger partial charge in [0.2, 0.25) is 0 Å². The number of hydrogen-bond donors (Lipinski definition) is 4. The largest absolute Gasteiger partial charge is 0.382 e. The van der Waals surface area contributed by atoms with Gasteiger partial charge in [-0.3, -0.25) is 9.59 Å². The van der Waals surface area contributed by atoms with E-state index < -0.39 is 11.8 Å². The molecule has 172 valence electrons. The Bertz CT molecular complexity index is 1210. The van der Waals surface area contributed by atoms with E-state index in [1.807, 2.05) is 36.6 Å². The number of nitrogens with one attached hydrogen (secondary N) is 3. The van der Waals surface area contributed by atoms with Crippen LogP contribution in [0.5, 0.6) is 0 Å². The summed E-state index contributed by atoms with van der Waals surface area (Å²) in [6.07, 6.45) is 9.80. The van der Waals surface area contributed by atoms with Gasteiger partial charge in [0.15, 0.2) is 17.2 Å². The maximum absolute atomic E-state index is 12.9. The summed E-state index contributed by atoms with van der Waals surface area (Å²) in [7, 11) is 0. The highest BCUT2D eigenvalue weighted by Gasteiger charge is 2.24. The van der Waals surface area contributed by atoms with Crippen LogP contribution in [-0.2, 0) is 0 Å². The molecule has 1 fully saturated rings. The van der Waals surface area contributed by atoms with Crippen LogP contribution in [0.1, 0.15) is 52.9 Å². The van der Waals surface area contributed by atoms with E-state index in [0.29, 0.717) is 12.1 Å². The number of allylic oxidation sites excluding steroid dienone is 1. The average molecular weight is 449 g/mol. The molecular formula is C23H28N8O2. The molecule has 4 heterocycles. The molecule has 4 rings (SSSR count). The summed E-state index contributed by atoms with van der Waals surface area (Å²) in [6.45, 7) is 5.30. The maximum atomic E-state index is 12.9. The van der Waals surface area contributed by atoms with Crippen molar-refractivity contribution in [3.05, 3.63) is 53.9 Å². The summed E-state index contributed by atoms with van der Waals surface area (Å²) in [4.78, 5) is 38.9. The zero-order chi connectivity index (χ0) is 23.4. The monoisotopic (exact) mass is 448 g/mol. The number of imidazole rings is 1. The molecule has 0 radical (unpaired) electrons. The number of pyridine rings is 1. The number of carbonyl (C=O) groups excluding carboxylic acids is 2. The van der Waals surface area contributed by atoms with E-state index in [1.54, 1.807) is 18.5 Å². The second-order valence-electron chi connectivity index (χ2n) is 7.99. The van der Waals surface area contributed by atoms with Crippen LogP contribution >= 0.6 is 0 Å². The number of nitrogen functional groups attached to an aromatic ring is 1. The van der Waals surface area contributed by atoms with Crippen molar-refractivity contribution in [3.8, 4) is 11.3 Å². The Morgan fingerprint density at radius 3 is 2.88 bits per heavy atom. The number of hydrogen-bond acceptors (Lipinski definition) is 7. The summed E-state index contributed by atoms with van der Waals surface area (Å²) >= 11 is 0. The molecule has 0 spiro atoms. The topological polar surface area (TPSA) is 139 Å². The minimum absolute atomic E-state index is 0.00824. The minimum atomic E-state index is -0.460. The van der Waals surface area contributed by atoms with Crippen LogP contribution < -0.4 is 21.7 Å². The Hall–Kier alpha value is -3.79. The smallest absolute Gasteiger partial charge is 0.276 e. The number of fused-ring (bicyclic) bond motifs is 1. The molecule has 0 saturated carbocycles. The zero-order valence-corrected chi connectivity index (χ0v) is 18.8. The number of rotatable bonds is 7. The predicted molar refractivity (Wildman–Crippen MR) is 126 cm³/mol. The number of anilines is 1. The van der Waals surface area contributed by atoms with Crippen LogP contribution in [0.15, 0.2) is 36.8 Å². The number of aromatic nitrogens is 4. The van der Waals surface area contributed by atoms with Gasteiger partial charge >= 0.3 is 0 Å². The summed E-state index contributed by atoms with van der Waals surface area (Å²) in [6, 6.07) is 3.85. The summed E-state index contributed by atoms with van der Waals surface area (Å²) < 4.78 is 1.89. The molecule has 1 saturated heterocycles. The molecule has 0 aliphatic carbocycles. The molecule has 33 heavy (non-hydrogen) atoms. The predicted octanol–water partition coefficient (Wildman–Crippen LogP) is 1.82. The normalized spacial score (nSPS) is 15.9. The van der Waals surface area contributed by atoms with Gasteiger partial charge in [-0.05, 0) is 44.9 Å². The van der Waals surface area contributed by atoms with E-state index in [-0.39, 0.29) is 28.9 Å². The highest BCUT2D eigenvalue weighted by Crippen LogP contribution is 2.24. The van der Waals surface area contributed by atoms with Crippen molar-refractivity contribution < 1.29 is 9.59 Å². The fraction of sp³-hybridized carbons (Fsp3) is 0.348. The Morgan fingerprint density at radius 2 is 2.12 bits per heavy atom. The van der Waals surface area contributed by atoms with Gasteiger partial charge in [0, 0.05) is 42.4 Å². The van der Waals surface area contributed by atoms with Crippen molar-refractivity contribution in [1.29, 1.82) is 0 Å². The van der Waals surface area contributed by atoms with E-state index in [2.05, 4.69) is 30.9 Å². The molecule has 3 aromatic rings. The number of carbonyl (C=O) groups is 2.